The molecular weight excluding hydrogens is 454 g/mol. The Morgan fingerprint density at radius 1 is 0.941 bits per heavy atom. The standard InChI is InChI=1S/C27H24ClNO5/c1-4-32-27(31)24-23-20(16-29(2)3)21(34-26(30)18-10-12-19(28)13-11-18)14-15-22(23)33-25(24)17-8-6-5-7-9-17/h5-15H,4,16H2,1-3H3. The Morgan fingerprint density at radius 3 is 2.29 bits per heavy atom. The Labute approximate surface area is 202 Å². The molecule has 4 aromatic rings. The highest BCUT2D eigenvalue weighted by Crippen LogP contribution is 2.40. The van der Waals surface area contributed by atoms with Crippen molar-refractivity contribution in [2.75, 3.05) is 20.7 Å². The predicted molar refractivity (Wildman–Crippen MR) is 131 cm³/mol. The summed E-state index contributed by atoms with van der Waals surface area (Å²) in [7, 11) is 3.79. The van der Waals surface area contributed by atoms with Crippen LogP contribution in [0, 0.1) is 0 Å². The first kappa shape index (κ1) is 23.5. The zero-order valence-corrected chi connectivity index (χ0v) is 19.9. The van der Waals surface area contributed by atoms with Crippen LogP contribution in [0.25, 0.3) is 22.3 Å². The summed E-state index contributed by atoms with van der Waals surface area (Å²) in [5.41, 5.74) is 2.58. The van der Waals surface area contributed by atoms with Gasteiger partial charge in [0.1, 0.15) is 22.7 Å². The van der Waals surface area contributed by atoms with Crippen LogP contribution < -0.4 is 4.74 Å². The third-order valence-corrected chi connectivity index (χ3v) is 5.45. The minimum Gasteiger partial charge on any atom is -0.462 e. The minimum atomic E-state index is -0.527. The summed E-state index contributed by atoms with van der Waals surface area (Å²) in [5, 5.41) is 1.09. The van der Waals surface area contributed by atoms with Crippen LogP contribution in [0.5, 0.6) is 5.75 Å². The molecule has 0 aliphatic rings. The molecule has 1 aromatic heterocycles. The Hall–Kier alpha value is -3.61. The van der Waals surface area contributed by atoms with Gasteiger partial charge >= 0.3 is 11.9 Å². The van der Waals surface area contributed by atoms with Gasteiger partial charge in [-0.2, -0.15) is 0 Å². The predicted octanol–water partition coefficient (Wildman–Crippen LogP) is 6.21. The molecule has 0 atom stereocenters. The molecule has 0 N–H and O–H groups in total. The van der Waals surface area contributed by atoms with Crippen molar-refractivity contribution in [3.8, 4) is 17.1 Å². The number of esters is 2. The Bertz CT molecular complexity index is 1330. The first-order valence-corrected chi connectivity index (χ1v) is 11.2. The van der Waals surface area contributed by atoms with E-state index in [2.05, 4.69) is 0 Å². The highest BCUT2D eigenvalue weighted by atomic mass is 35.5. The summed E-state index contributed by atoms with van der Waals surface area (Å²) in [6.07, 6.45) is 0. The second kappa shape index (κ2) is 10.1. The van der Waals surface area contributed by atoms with E-state index in [0.717, 1.165) is 5.56 Å². The topological polar surface area (TPSA) is 69.0 Å². The van der Waals surface area contributed by atoms with Crippen LogP contribution in [-0.4, -0.2) is 37.5 Å². The van der Waals surface area contributed by atoms with Crippen LogP contribution >= 0.6 is 11.6 Å². The number of rotatable bonds is 7. The van der Waals surface area contributed by atoms with Gasteiger partial charge in [-0.1, -0.05) is 41.9 Å². The molecule has 7 heteroatoms. The molecule has 0 fully saturated rings. The molecule has 0 saturated heterocycles. The molecule has 3 aromatic carbocycles. The van der Waals surface area contributed by atoms with Crippen LogP contribution in [0.4, 0.5) is 0 Å². The van der Waals surface area contributed by atoms with Crippen molar-refractivity contribution in [3.05, 3.63) is 88.4 Å². The fourth-order valence-electron chi connectivity index (χ4n) is 3.75. The van der Waals surface area contributed by atoms with E-state index in [9.17, 15) is 9.59 Å². The van der Waals surface area contributed by atoms with Gasteiger partial charge in [0.25, 0.3) is 0 Å². The molecule has 0 aliphatic heterocycles. The molecule has 0 aliphatic carbocycles. The molecule has 6 nitrogen and oxygen atoms in total. The van der Waals surface area contributed by atoms with Crippen molar-refractivity contribution in [1.29, 1.82) is 0 Å². The number of hydrogen-bond acceptors (Lipinski definition) is 6. The van der Waals surface area contributed by atoms with E-state index >= 15 is 0 Å². The quantitative estimate of drug-likeness (QED) is 0.233. The lowest BCUT2D eigenvalue weighted by Gasteiger charge is -2.16. The minimum absolute atomic E-state index is 0.216. The van der Waals surface area contributed by atoms with Crippen molar-refractivity contribution in [3.63, 3.8) is 0 Å². The number of benzene rings is 3. The molecule has 1 heterocycles. The SMILES string of the molecule is CCOC(=O)c1c(-c2ccccc2)oc2ccc(OC(=O)c3ccc(Cl)cc3)c(CN(C)C)c12. The van der Waals surface area contributed by atoms with E-state index in [4.69, 9.17) is 25.5 Å². The highest BCUT2D eigenvalue weighted by molar-refractivity contribution is 6.30. The average Bonchev–Trinajstić information content (AvgIpc) is 3.21. The van der Waals surface area contributed by atoms with E-state index in [1.165, 1.54) is 0 Å². The summed E-state index contributed by atoms with van der Waals surface area (Å²) in [6, 6.07) is 19.2. The lowest BCUT2D eigenvalue weighted by molar-refractivity contribution is 0.0528. The Morgan fingerprint density at radius 2 is 1.65 bits per heavy atom. The Kier molecular flexibility index (Phi) is 7.01. The van der Waals surface area contributed by atoms with E-state index in [1.54, 1.807) is 43.3 Å². The van der Waals surface area contributed by atoms with E-state index in [-0.39, 0.29) is 6.61 Å². The summed E-state index contributed by atoms with van der Waals surface area (Å²) < 4.78 is 17.3. The van der Waals surface area contributed by atoms with Gasteiger partial charge in [0, 0.05) is 28.1 Å². The summed E-state index contributed by atoms with van der Waals surface area (Å²) in [5.74, 6) is -0.274. The Balaban J connectivity index is 1.90. The van der Waals surface area contributed by atoms with E-state index < -0.39 is 11.9 Å². The van der Waals surface area contributed by atoms with Gasteiger partial charge in [0.05, 0.1) is 12.2 Å². The number of ether oxygens (including phenoxy) is 2. The maximum Gasteiger partial charge on any atom is 0.343 e. The van der Waals surface area contributed by atoms with Crippen LogP contribution in [0.2, 0.25) is 5.02 Å². The lowest BCUT2D eigenvalue weighted by Crippen LogP contribution is -2.16. The molecule has 0 radical (unpaired) electrons. The maximum absolute atomic E-state index is 13.1. The molecule has 0 bridgehead atoms. The molecule has 34 heavy (non-hydrogen) atoms. The van der Waals surface area contributed by atoms with Gasteiger partial charge in [-0.3, -0.25) is 0 Å². The first-order valence-electron chi connectivity index (χ1n) is 10.8. The smallest absolute Gasteiger partial charge is 0.343 e. The zero-order chi connectivity index (χ0) is 24.2. The third kappa shape index (κ3) is 4.83. The number of halogens is 1. The second-order valence-electron chi connectivity index (χ2n) is 7.94. The van der Waals surface area contributed by atoms with Crippen molar-refractivity contribution in [1.82, 2.24) is 4.90 Å². The summed E-state index contributed by atoms with van der Waals surface area (Å²) in [4.78, 5) is 27.9. The fraction of sp³-hybridized carbons (Fsp3) is 0.185. The van der Waals surface area contributed by atoms with Crippen molar-refractivity contribution < 1.29 is 23.5 Å². The average molecular weight is 478 g/mol. The molecular formula is C27H24ClNO5. The van der Waals surface area contributed by atoms with Crippen LogP contribution in [0.3, 0.4) is 0 Å². The molecule has 174 valence electrons. The number of carbonyl (C=O) groups excluding carboxylic acids is 2. The van der Waals surface area contributed by atoms with Crippen molar-refractivity contribution in [2.24, 2.45) is 0 Å². The van der Waals surface area contributed by atoms with Crippen LogP contribution in [-0.2, 0) is 11.3 Å². The number of nitrogens with zero attached hydrogens (tertiary/aromatic N) is 1. The molecule has 0 spiro atoms. The monoisotopic (exact) mass is 477 g/mol. The lowest BCUT2D eigenvalue weighted by atomic mass is 10.0. The molecule has 0 saturated carbocycles. The van der Waals surface area contributed by atoms with Gasteiger partial charge < -0.3 is 18.8 Å². The van der Waals surface area contributed by atoms with Crippen LogP contribution in [0.15, 0.2) is 71.1 Å². The second-order valence-corrected chi connectivity index (χ2v) is 8.38. The largest absolute Gasteiger partial charge is 0.462 e. The van der Waals surface area contributed by atoms with Gasteiger partial charge in [-0.25, -0.2) is 9.59 Å². The highest BCUT2D eigenvalue weighted by Gasteiger charge is 2.28. The number of furan rings is 1. The van der Waals surface area contributed by atoms with Gasteiger partial charge in [0.2, 0.25) is 0 Å². The number of carbonyl (C=O) groups is 2. The van der Waals surface area contributed by atoms with Crippen molar-refractivity contribution >= 4 is 34.5 Å². The number of hydrogen-bond donors (Lipinski definition) is 0. The summed E-state index contributed by atoms with van der Waals surface area (Å²) >= 11 is 5.94. The van der Waals surface area contributed by atoms with Gasteiger partial charge in [-0.05, 0) is 57.4 Å². The molecule has 0 unspecified atom stereocenters. The van der Waals surface area contributed by atoms with E-state index in [0.29, 0.717) is 50.7 Å². The van der Waals surface area contributed by atoms with E-state index in [1.807, 2.05) is 49.3 Å². The van der Waals surface area contributed by atoms with Gasteiger partial charge in [-0.15, -0.1) is 0 Å². The molecule has 4 rings (SSSR count). The zero-order valence-electron chi connectivity index (χ0n) is 19.1. The fourth-order valence-corrected chi connectivity index (χ4v) is 3.87. The van der Waals surface area contributed by atoms with Crippen LogP contribution in [0.1, 0.15) is 33.2 Å². The molecule has 0 amide bonds. The maximum atomic E-state index is 13.1. The van der Waals surface area contributed by atoms with Gasteiger partial charge in [0.15, 0.2) is 0 Å². The number of fused-ring (bicyclic) bond motifs is 1. The normalized spacial score (nSPS) is 11.1. The summed E-state index contributed by atoms with van der Waals surface area (Å²) in [6.45, 7) is 2.37. The third-order valence-electron chi connectivity index (χ3n) is 5.19. The first-order chi connectivity index (χ1) is 16.4. The van der Waals surface area contributed by atoms with Crippen molar-refractivity contribution in [2.45, 2.75) is 13.5 Å².